The summed E-state index contributed by atoms with van der Waals surface area (Å²) in [6.45, 7) is 6.74. The number of piperidine rings is 1. The van der Waals surface area contributed by atoms with E-state index in [0.717, 1.165) is 61.1 Å². The van der Waals surface area contributed by atoms with Crippen LogP contribution in [0.1, 0.15) is 28.3 Å². The minimum Gasteiger partial charge on any atom is -0.369 e. The summed E-state index contributed by atoms with van der Waals surface area (Å²) in [5, 5.41) is 8.06. The lowest BCUT2D eigenvalue weighted by molar-refractivity contribution is 0.467. The van der Waals surface area contributed by atoms with Crippen molar-refractivity contribution >= 4 is 23.0 Å². The first-order valence-corrected chi connectivity index (χ1v) is 10.3. The minimum absolute atomic E-state index is 0.178. The zero-order valence-electron chi connectivity index (χ0n) is 16.3. The summed E-state index contributed by atoms with van der Waals surface area (Å²) in [6.07, 6.45) is 5.01. The number of nitrogens with one attached hydrogen (secondary N) is 2. The molecule has 0 saturated carbocycles. The third-order valence-electron chi connectivity index (χ3n) is 4.79. The van der Waals surface area contributed by atoms with Crippen LogP contribution >= 0.6 is 11.3 Å². The molecule has 0 amide bonds. The second-order valence-electron chi connectivity index (χ2n) is 6.97. The molecule has 1 aliphatic rings. The summed E-state index contributed by atoms with van der Waals surface area (Å²) in [5.41, 5.74) is 2.10. The molecule has 2 aromatic rings. The number of aromatic nitrogens is 1. The van der Waals surface area contributed by atoms with Gasteiger partial charge in [0.2, 0.25) is 0 Å². The summed E-state index contributed by atoms with van der Waals surface area (Å²) in [7, 11) is 1.80. The monoisotopic (exact) mass is 389 g/mol. The Morgan fingerprint density at radius 2 is 2.26 bits per heavy atom. The number of aliphatic imine (C=N–C) groups is 1. The van der Waals surface area contributed by atoms with Crippen molar-refractivity contribution in [1.82, 2.24) is 15.6 Å². The van der Waals surface area contributed by atoms with Gasteiger partial charge in [-0.1, -0.05) is 0 Å². The molecule has 2 N–H and O–H groups in total. The molecule has 1 aromatic heterocycles. The molecule has 0 radical (unpaired) electrons. The van der Waals surface area contributed by atoms with E-state index in [1.165, 1.54) is 4.88 Å². The second-order valence-corrected chi connectivity index (χ2v) is 8.29. The fourth-order valence-electron chi connectivity index (χ4n) is 3.48. The van der Waals surface area contributed by atoms with Gasteiger partial charge >= 0.3 is 0 Å². The zero-order chi connectivity index (χ0) is 19.2. The van der Waals surface area contributed by atoms with Gasteiger partial charge in [0.1, 0.15) is 5.82 Å². The number of hydrogen-bond acceptors (Lipinski definition) is 4. The molecular formula is C20H28FN5S. The van der Waals surface area contributed by atoms with E-state index in [0.29, 0.717) is 6.04 Å². The average molecular weight is 390 g/mol. The number of hydrogen-bond donors (Lipinski definition) is 2. The Hall–Kier alpha value is -2.15. The maximum atomic E-state index is 13.4. The van der Waals surface area contributed by atoms with Gasteiger partial charge in [0.25, 0.3) is 0 Å². The van der Waals surface area contributed by atoms with Crippen LogP contribution in [0.5, 0.6) is 0 Å². The van der Waals surface area contributed by atoms with Gasteiger partial charge in [-0.3, -0.25) is 4.99 Å². The first-order chi connectivity index (χ1) is 13.0. The number of rotatable bonds is 5. The van der Waals surface area contributed by atoms with Crippen LogP contribution in [-0.4, -0.2) is 43.7 Å². The van der Waals surface area contributed by atoms with Crippen molar-refractivity contribution in [3.63, 3.8) is 0 Å². The van der Waals surface area contributed by atoms with E-state index < -0.39 is 0 Å². The highest BCUT2D eigenvalue weighted by Gasteiger charge is 2.22. The molecule has 7 heteroatoms. The third-order valence-corrected chi connectivity index (χ3v) is 5.76. The van der Waals surface area contributed by atoms with Crippen molar-refractivity contribution < 1.29 is 4.39 Å². The summed E-state index contributed by atoms with van der Waals surface area (Å²) < 4.78 is 13.4. The Kier molecular flexibility index (Phi) is 6.66. The van der Waals surface area contributed by atoms with Crippen molar-refractivity contribution in [2.24, 2.45) is 4.99 Å². The number of halogens is 1. The molecule has 1 aromatic carbocycles. The molecule has 1 fully saturated rings. The average Bonchev–Trinajstić information content (AvgIpc) is 3.06. The molecule has 3 rings (SSSR count). The van der Waals surface area contributed by atoms with E-state index in [4.69, 9.17) is 0 Å². The van der Waals surface area contributed by atoms with Crippen LogP contribution in [0.3, 0.4) is 0 Å². The Labute approximate surface area is 164 Å². The smallest absolute Gasteiger partial charge is 0.191 e. The summed E-state index contributed by atoms with van der Waals surface area (Å²) in [6, 6.07) is 5.35. The maximum absolute atomic E-state index is 13.4. The van der Waals surface area contributed by atoms with Gasteiger partial charge in [-0.2, -0.15) is 0 Å². The first kappa shape index (κ1) is 19.6. The molecule has 1 saturated heterocycles. The fraction of sp³-hybridized carbons (Fsp3) is 0.500. The zero-order valence-corrected chi connectivity index (χ0v) is 17.1. The minimum atomic E-state index is -0.178. The predicted octanol–water partition coefficient (Wildman–Crippen LogP) is 3.28. The number of anilines is 1. The summed E-state index contributed by atoms with van der Waals surface area (Å²) in [5.74, 6) is 0.647. The number of aryl methyl sites for hydroxylation is 2. The molecule has 1 aliphatic heterocycles. The van der Waals surface area contributed by atoms with Gasteiger partial charge < -0.3 is 15.5 Å². The molecule has 0 bridgehead atoms. The maximum Gasteiger partial charge on any atom is 0.191 e. The third kappa shape index (κ3) is 5.42. The molecule has 1 atom stereocenters. The molecular weight excluding hydrogens is 361 g/mol. The van der Waals surface area contributed by atoms with E-state index >= 15 is 0 Å². The lowest BCUT2D eigenvalue weighted by Gasteiger charge is -2.36. The van der Waals surface area contributed by atoms with E-state index in [-0.39, 0.29) is 5.82 Å². The van der Waals surface area contributed by atoms with E-state index in [1.807, 2.05) is 19.2 Å². The highest BCUT2D eigenvalue weighted by Crippen LogP contribution is 2.24. The summed E-state index contributed by atoms with van der Waals surface area (Å²) >= 11 is 1.74. The number of thiazole rings is 1. The standard InChI is InChI=1S/C20H28FN5S/c1-14-11-16(21)6-7-18(14)26-10-4-5-17(13-26)25-20(22-3)23-9-8-19-24-12-15(2)27-19/h6-7,11-12,17H,4-5,8-10,13H2,1-3H3,(H2,22,23,25). The van der Waals surface area contributed by atoms with Crippen LogP contribution in [0.25, 0.3) is 0 Å². The lowest BCUT2D eigenvalue weighted by atomic mass is 10.0. The van der Waals surface area contributed by atoms with Crippen LogP contribution in [0.2, 0.25) is 0 Å². The van der Waals surface area contributed by atoms with Crippen LogP contribution in [-0.2, 0) is 6.42 Å². The Morgan fingerprint density at radius 1 is 1.41 bits per heavy atom. The fourth-order valence-corrected chi connectivity index (χ4v) is 4.27. The van der Waals surface area contributed by atoms with Crippen molar-refractivity contribution in [3.05, 3.63) is 45.7 Å². The van der Waals surface area contributed by atoms with Gasteiger partial charge in [-0.25, -0.2) is 9.37 Å². The van der Waals surface area contributed by atoms with Crippen molar-refractivity contribution in [2.75, 3.05) is 31.6 Å². The van der Waals surface area contributed by atoms with Crippen molar-refractivity contribution in [3.8, 4) is 0 Å². The number of guanidine groups is 1. The highest BCUT2D eigenvalue weighted by atomic mass is 32.1. The molecule has 2 heterocycles. The molecule has 146 valence electrons. The number of nitrogens with zero attached hydrogens (tertiary/aromatic N) is 3. The van der Waals surface area contributed by atoms with Gasteiger partial charge in [-0.15, -0.1) is 11.3 Å². The van der Waals surface area contributed by atoms with Crippen molar-refractivity contribution in [2.45, 2.75) is 39.2 Å². The van der Waals surface area contributed by atoms with E-state index in [9.17, 15) is 4.39 Å². The molecule has 1 unspecified atom stereocenters. The molecule has 0 spiro atoms. The molecule has 27 heavy (non-hydrogen) atoms. The molecule has 5 nitrogen and oxygen atoms in total. The van der Waals surface area contributed by atoms with Gasteiger partial charge in [0, 0.05) is 55.9 Å². The normalized spacial score (nSPS) is 17.9. The largest absolute Gasteiger partial charge is 0.369 e. The first-order valence-electron chi connectivity index (χ1n) is 9.44. The Balaban J connectivity index is 1.52. The van der Waals surface area contributed by atoms with Gasteiger partial charge in [0.05, 0.1) is 5.01 Å². The molecule has 0 aliphatic carbocycles. The van der Waals surface area contributed by atoms with Crippen LogP contribution < -0.4 is 15.5 Å². The van der Waals surface area contributed by atoms with Crippen molar-refractivity contribution in [1.29, 1.82) is 0 Å². The quantitative estimate of drug-likeness (QED) is 0.609. The number of benzene rings is 1. The van der Waals surface area contributed by atoms with Gasteiger partial charge in [0.15, 0.2) is 5.96 Å². The van der Waals surface area contributed by atoms with Gasteiger partial charge in [-0.05, 0) is 50.5 Å². The van der Waals surface area contributed by atoms with Crippen LogP contribution in [0.15, 0.2) is 29.4 Å². The highest BCUT2D eigenvalue weighted by molar-refractivity contribution is 7.11. The second kappa shape index (κ2) is 9.17. The Bertz CT molecular complexity index is 788. The Morgan fingerprint density at radius 3 is 2.96 bits per heavy atom. The predicted molar refractivity (Wildman–Crippen MR) is 111 cm³/mol. The van der Waals surface area contributed by atoms with Crippen LogP contribution in [0, 0.1) is 19.7 Å². The topological polar surface area (TPSA) is 52.6 Å². The SMILES string of the molecule is CN=C(NCCc1ncc(C)s1)NC1CCCN(c2ccc(F)cc2C)C1. The lowest BCUT2D eigenvalue weighted by Crippen LogP contribution is -2.51. The van der Waals surface area contributed by atoms with Crippen LogP contribution in [0.4, 0.5) is 10.1 Å². The summed E-state index contributed by atoms with van der Waals surface area (Å²) in [4.78, 5) is 12.3. The van der Waals surface area contributed by atoms with E-state index in [1.54, 1.807) is 30.5 Å². The van der Waals surface area contributed by atoms with E-state index in [2.05, 4.69) is 32.4 Å².